The van der Waals surface area contributed by atoms with Crippen LogP contribution in [0.15, 0.2) is 0 Å². The summed E-state index contributed by atoms with van der Waals surface area (Å²) in [6.45, 7) is 11.9. The lowest BCUT2D eigenvalue weighted by Crippen LogP contribution is -2.30. The van der Waals surface area contributed by atoms with E-state index < -0.39 is 97.5 Å². The number of esters is 4. The van der Waals surface area contributed by atoms with Gasteiger partial charge in [-0.15, -0.1) is 0 Å². The number of hydrogen-bond donors (Lipinski definition) is 3. The number of ether oxygens (including phenoxy) is 4. The van der Waals surface area contributed by atoms with Crippen molar-refractivity contribution in [2.24, 2.45) is 17.8 Å². The third kappa shape index (κ3) is 64.1. The molecule has 0 radical (unpaired) electrons. The third-order valence-corrected chi connectivity index (χ3v) is 19.5. The zero-order chi connectivity index (χ0) is 68.0. The highest BCUT2D eigenvalue weighted by Gasteiger charge is 2.30. The van der Waals surface area contributed by atoms with Crippen molar-refractivity contribution in [2.45, 2.75) is 388 Å². The second-order valence-corrected chi connectivity index (χ2v) is 30.2. The number of phosphoric ester groups is 2. The molecule has 0 bridgehead atoms. The monoisotopic (exact) mass is 1350 g/mol. The molecule has 546 valence electrons. The maximum Gasteiger partial charge on any atom is 0.472 e. The van der Waals surface area contributed by atoms with Crippen molar-refractivity contribution in [3.63, 3.8) is 0 Å². The Morgan fingerprint density at radius 3 is 0.826 bits per heavy atom. The van der Waals surface area contributed by atoms with Gasteiger partial charge in [-0.2, -0.15) is 0 Å². The molecule has 17 nitrogen and oxygen atoms in total. The van der Waals surface area contributed by atoms with Crippen LogP contribution in [-0.2, 0) is 65.4 Å². The molecule has 3 N–H and O–H groups in total. The second-order valence-electron chi connectivity index (χ2n) is 27.3. The molecule has 0 rings (SSSR count). The van der Waals surface area contributed by atoms with Crippen molar-refractivity contribution in [3.05, 3.63) is 0 Å². The van der Waals surface area contributed by atoms with Gasteiger partial charge in [0.1, 0.15) is 19.3 Å². The van der Waals surface area contributed by atoms with Gasteiger partial charge in [-0.3, -0.25) is 37.3 Å². The number of aliphatic hydroxyl groups is 1. The van der Waals surface area contributed by atoms with E-state index >= 15 is 0 Å². The molecule has 0 aliphatic carbocycles. The Morgan fingerprint density at radius 2 is 0.554 bits per heavy atom. The molecule has 92 heavy (non-hydrogen) atoms. The van der Waals surface area contributed by atoms with E-state index in [4.69, 9.17) is 37.0 Å². The minimum Gasteiger partial charge on any atom is -0.462 e. The van der Waals surface area contributed by atoms with Crippen molar-refractivity contribution in [2.75, 3.05) is 39.6 Å². The number of carbonyl (C=O) groups excluding carboxylic acids is 4. The van der Waals surface area contributed by atoms with Gasteiger partial charge in [-0.05, 0) is 43.4 Å². The molecule has 7 atom stereocenters. The average molecular weight is 1350 g/mol. The number of carbonyl (C=O) groups is 4. The number of hydrogen-bond acceptors (Lipinski definition) is 15. The molecule has 0 saturated heterocycles. The van der Waals surface area contributed by atoms with Crippen LogP contribution in [0.3, 0.4) is 0 Å². The maximum atomic E-state index is 13.1. The Morgan fingerprint density at radius 1 is 0.315 bits per heavy atom. The highest BCUT2D eigenvalue weighted by atomic mass is 31.2. The largest absolute Gasteiger partial charge is 0.472 e. The smallest absolute Gasteiger partial charge is 0.462 e. The van der Waals surface area contributed by atoms with E-state index in [2.05, 4.69) is 48.5 Å². The van der Waals surface area contributed by atoms with Crippen LogP contribution >= 0.6 is 15.6 Å². The number of aliphatic hydroxyl groups excluding tert-OH is 1. The molecule has 0 aromatic carbocycles. The van der Waals surface area contributed by atoms with Gasteiger partial charge in [0.25, 0.3) is 0 Å². The van der Waals surface area contributed by atoms with Crippen molar-refractivity contribution in [1.82, 2.24) is 0 Å². The van der Waals surface area contributed by atoms with Crippen LogP contribution in [0.2, 0.25) is 0 Å². The van der Waals surface area contributed by atoms with Crippen LogP contribution in [0, 0.1) is 17.8 Å². The zero-order valence-electron chi connectivity index (χ0n) is 60.0. The van der Waals surface area contributed by atoms with Gasteiger partial charge in [-0.25, -0.2) is 9.13 Å². The van der Waals surface area contributed by atoms with E-state index in [1.165, 1.54) is 173 Å². The van der Waals surface area contributed by atoms with E-state index in [1.54, 1.807) is 0 Å². The Bertz CT molecular complexity index is 1810. The lowest BCUT2D eigenvalue weighted by atomic mass is 9.99. The summed E-state index contributed by atoms with van der Waals surface area (Å²) in [6, 6.07) is 0. The minimum atomic E-state index is -4.96. The summed E-state index contributed by atoms with van der Waals surface area (Å²) in [6.07, 6.45) is 48.5. The van der Waals surface area contributed by atoms with Crippen molar-refractivity contribution >= 4 is 39.5 Å². The predicted octanol–water partition coefficient (Wildman–Crippen LogP) is 21.0. The van der Waals surface area contributed by atoms with Crippen LogP contribution in [0.5, 0.6) is 0 Å². The van der Waals surface area contributed by atoms with Crippen LogP contribution in [-0.4, -0.2) is 96.7 Å². The molecule has 19 heteroatoms. The fraction of sp³-hybridized carbons (Fsp3) is 0.945. The molecular formula is C73H142O17P2. The highest BCUT2D eigenvalue weighted by Crippen LogP contribution is 2.45. The average Bonchev–Trinajstić information content (AvgIpc) is 3.54. The molecular weight excluding hydrogens is 1210 g/mol. The fourth-order valence-corrected chi connectivity index (χ4v) is 12.6. The molecule has 0 aromatic heterocycles. The van der Waals surface area contributed by atoms with Crippen molar-refractivity contribution in [1.29, 1.82) is 0 Å². The molecule has 0 aliphatic rings. The standard InChI is InChI=1S/C73H142O17P2/c1-8-11-12-13-14-15-16-17-20-23-26-32-40-47-54-70(75)83-60-68(89-72(77)56-49-42-33-27-24-21-18-19-22-25-30-37-44-51-64(4)5)62-87-91(79,80)85-58-67(74)59-86-92(81,82)88-63-69(61-84-71(76)55-48-41-36-35-39-46-53-66(7)10-3)90-73(78)57-50-43-34-29-28-31-38-45-52-65(6)9-2/h64-69,74H,8-63H2,1-7H3,(H,79,80)(H,81,82)/t65?,66?,67-,68-,69-/m1/s1. The van der Waals surface area contributed by atoms with Gasteiger partial charge >= 0.3 is 39.5 Å². The summed E-state index contributed by atoms with van der Waals surface area (Å²) in [5, 5.41) is 10.6. The van der Waals surface area contributed by atoms with Crippen LogP contribution < -0.4 is 0 Å². The lowest BCUT2D eigenvalue weighted by Gasteiger charge is -2.21. The van der Waals surface area contributed by atoms with E-state index in [0.717, 1.165) is 114 Å². The summed E-state index contributed by atoms with van der Waals surface area (Å²) >= 11 is 0. The van der Waals surface area contributed by atoms with Gasteiger partial charge in [0, 0.05) is 25.7 Å². The molecule has 0 saturated carbocycles. The first-order valence-corrected chi connectivity index (χ1v) is 40.9. The quantitative estimate of drug-likeness (QED) is 0.0222. The first kappa shape index (κ1) is 90.1. The first-order valence-electron chi connectivity index (χ1n) is 37.9. The van der Waals surface area contributed by atoms with E-state index in [0.29, 0.717) is 25.7 Å². The van der Waals surface area contributed by atoms with Crippen molar-refractivity contribution in [3.8, 4) is 0 Å². The molecule has 0 heterocycles. The van der Waals surface area contributed by atoms with Crippen LogP contribution in [0.1, 0.15) is 370 Å². The molecule has 0 fully saturated rings. The maximum absolute atomic E-state index is 13.1. The normalized spacial score (nSPS) is 14.7. The molecule has 0 amide bonds. The Kier molecular flexibility index (Phi) is 62.4. The molecule has 0 aliphatic heterocycles. The zero-order valence-corrected chi connectivity index (χ0v) is 61.8. The summed E-state index contributed by atoms with van der Waals surface area (Å²) in [4.78, 5) is 72.7. The summed E-state index contributed by atoms with van der Waals surface area (Å²) in [5.41, 5.74) is 0. The predicted molar refractivity (Wildman–Crippen MR) is 372 cm³/mol. The number of rotatable bonds is 71. The van der Waals surface area contributed by atoms with Gasteiger partial charge < -0.3 is 33.8 Å². The van der Waals surface area contributed by atoms with Crippen LogP contribution in [0.4, 0.5) is 0 Å². The van der Waals surface area contributed by atoms with Crippen LogP contribution in [0.25, 0.3) is 0 Å². The van der Waals surface area contributed by atoms with Gasteiger partial charge in [0.05, 0.1) is 26.4 Å². The lowest BCUT2D eigenvalue weighted by molar-refractivity contribution is -0.161. The summed E-state index contributed by atoms with van der Waals surface area (Å²) in [5.74, 6) is 0.164. The number of phosphoric acid groups is 2. The Balaban J connectivity index is 5.26. The van der Waals surface area contributed by atoms with Gasteiger partial charge in [0.2, 0.25) is 0 Å². The molecule has 0 aromatic rings. The Labute approximate surface area is 562 Å². The van der Waals surface area contributed by atoms with E-state index in [1.807, 2.05) is 0 Å². The first-order chi connectivity index (χ1) is 44.3. The minimum absolute atomic E-state index is 0.104. The van der Waals surface area contributed by atoms with Gasteiger partial charge in [0.15, 0.2) is 12.2 Å². The number of unbranched alkanes of at least 4 members (excludes halogenated alkanes) is 37. The Hall–Kier alpha value is -1.94. The van der Waals surface area contributed by atoms with Gasteiger partial charge in [-0.1, -0.05) is 318 Å². The van der Waals surface area contributed by atoms with E-state index in [-0.39, 0.29) is 25.7 Å². The van der Waals surface area contributed by atoms with E-state index in [9.17, 15) is 43.2 Å². The summed E-state index contributed by atoms with van der Waals surface area (Å²) < 4.78 is 68.4. The fourth-order valence-electron chi connectivity index (χ4n) is 11.0. The highest BCUT2D eigenvalue weighted by molar-refractivity contribution is 7.47. The second kappa shape index (κ2) is 63.8. The third-order valence-electron chi connectivity index (χ3n) is 17.6. The molecule has 0 spiro atoms. The SMILES string of the molecule is CCCCCCCCCCCCCCCCC(=O)OC[C@H](COP(=O)(O)OC[C@@H](O)COP(=O)(O)OC[C@@H](COC(=O)CCCCCCCCC(C)CC)OC(=O)CCCCCCCCCCC(C)CC)OC(=O)CCCCCCCCCCCCCCCC(C)C. The summed E-state index contributed by atoms with van der Waals surface area (Å²) in [7, 11) is -9.91. The molecule has 4 unspecified atom stereocenters. The van der Waals surface area contributed by atoms with Crippen molar-refractivity contribution < 1.29 is 80.2 Å². The topological polar surface area (TPSA) is 237 Å².